The van der Waals surface area contributed by atoms with E-state index in [1.54, 1.807) is 0 Å². The SMILES string of the molecule is CCn1ccnc1[C@H]1OCC[C@@H]1NC1CCN([C@H]2CCC[C@@H](C)C2)CC1. The molecule has 2 aliphatic heterocycles. The maximum absolute atomic E-state index is 6.07. The molecule has 3 heterocycles. The molecule has 0 amide bonds. The molecule has 2 saturated heterocycles. The Bertz CT molecular complexity index is 566. The van der Waals surface area contributed by atoms with Gasteiger partial charge in [0.2, 0.25) is 0 Å². The van der Waals surface area contributed by atoms with Gasteiger partial charge >= 0.3 is 0 Å². The first-order chi connectivity index (χ1) is 12.7. The lowest BCUT2D eigenvalue weighted by atomic mass is 9.85. The van der Waals surface area contributed by atoms with Gasteiger partial charge in [0, 0.05) is 43.7 Å². The molecule has 0 unspecified atom stereocenters. The minimum atomic E-state index is 0.113. The van der Waals surface area contributed by atoms with Gasteiger partial charge in [0.1, 0.15) is 11.9 Å². The summed E-state index contributed by atoms with van der Waals surface area (Å²) in [6.45, 7) is 8.93. The van der Waals surface area contributed by atoms with Crippen LogP contribution in [0.5, 0.6) is 0 Å². The molecule has 3 aliphatic rings. The lowest BCUT2D eigenvalue weighted by Gasteiger charge is -2.41. The number of nitrogens with one attached hydrogen (secondary N) is 1. The van der Waals surface area contributed by atoms with Crippen molar-refractivity contribution in [2.75, 3.05) is 19.7 Å². The number of ether oxygens (including phenoxy) is 1. The number of piperidine rings is 1. The van der Waals surface area contributed by atoms with Crippen molar-refractivity contribution in [3.63, 3.8) is 0 Å². The summed E-state index contributed by atoms with van der Waals surface area (Å²) in [6.07, 6.45) is 13.4. The predicted octanol–water partition coefficient (Wildman–Crippen LogP) is 3.37. The molecule has 5 heteroatoms. The van der Waals surface area contributed by atoms with Crippen LogP contribution in [-0.2, 0) is 11.3 Å². The van der Waals surface area contributed by atoms with E-state index < -0.39 is 0 Å². The highest BCUT2D eigenvalue weighted by Crippen LogP contribution is 2.31. The molecule has 3 fully saturated rings. The van der Waals surface area contributed by atoms with Gasteiger partial charge in [-0.1, -0.05) is 19.8 Å². The van der Waals surface area contributed by atoms with E-state index in [2.05, 4.69) is 39.8 Å². The fourth-order valence-electron chi connectivity index (χ4n) is 5.33. The second-order valence-corrected chi connectivity index (χ2v) is 8.66. The Morgan fingerprint density at radius 3 is 2.81 bits per heavy atom. The average molecular weight is 361 g/mol. The highest BCUT2D eigenvalue weighted by Gasteiger charge is 2.35. The van der Waals surface area contributed by atoms with Crippen molar-refractivity contribution in [2.45, 2.75) is 89.6 Å². The first kappa shape index (κ1) is 18.5. The fraction of sp³-hybridized carbons (Fsp3) is 0.857. The van der Waals surface area contributed by atoms with E-state index >= 15 is 0 Å². The Labute approximate surface area is 158 Å². The Kier molecular flexibility index (Phi) is 5.97. The number of hydrogen-bond acceptors (Lipinski definition) is 4. The predicted molar refractivity (Wildman–Crippen MR) is 104 cm³/mol. The molecule has 0 radical (unpaired) electrons. The van der Waals surface area contributed by atoms with E-state index in [9.17, 15) is 0 Å². The third-order valence-electron chi connectivity index (χ3n) is 6.84. The molecule has 26 heavy (non-hydrogen) atoms. The molecule has 1 aliphatic carbocycles. The molecule has 0 bridgehead atoms. The van der Waals surface area contributed by atoms with Crippen molar-refractivity contribution in [2.24, 2.45) is 5.92 Å². The molecule has 4 atom stereocenters. The lowest BCUT2D eigenvalue weighted by Crippen LogP contribution is -2.50. The molecular weight excluding hydrogens is 324 g/mol. The van der Waals surface area contributed by atoms with E-state index in [1.165, 1.54) is 51.6 Å². The summed E-state index contributed by atoms with van der Waals surface area (Å²) in [6, 6.07) is 1.89. The van der Waals surface area contributed by atoms with Gasteiger partial charge in [0.15, 0.2) is 0 Å². The van der Waals surface area contributed by atoms with E-state index in [4.69, 9.17) is 4.74 Å². The first-order valence-electron chi connectivity index (χ1n) is 10.9. The Morgan fingerprint density at radius 1 is 1.19 bits per heavy atom. The summed E-state index contributed by atoms with van der Waals surface area (Å²) in [5.74, 6) is 2.01. The molecule has 1 aromatic heterocycles. The van der Waals surface area contributed by atoms with Crippen molar-refractivity contribution in [3.05, 3.63) is 18.2 Å². The molecule has 1 aromatic rings. The number of aromatic nitrogens is 2. The molecule has 0 spiro atoms. The normalized spacial score (nSPS) is 34.4. The summed E-state index contributed by atoms with van der Waals surface area (Å²) in [5, 5.41) is 3.93. The maximum Gasteiger partial charge on any atom is 0.139 e. The van der Waals surface area contributed by atoms with E-state index in [-0.39, 0.29) is 6.10 Å². The zero-order valence-corrected chi connectivity index (χ0v) is 16.6. The molecule has 5 nitrogen and oxygen atoms in total. The molecule has 146 valence electrons. The van der Waals surface area contributed by atoms with Crippen LogP contribution in [0.15, 0.2) is 12.4 Å². The minimum Gasteiger partial charge on any atom is -0.369 e. The van der Waals surface area contributed by atoms with Crippen LogP contribution in [0.1, 0.15) is 70.7 Å². The largest absolute Gasteiger partial charge is 0.369 e. The topological polar surface area (TPSA) is 42.3 Å². The number of nitrogens with zero attached hydrogens (tertiary/aromatic N) is 3. The van der Waals surface area contributed by atoms with Gasteiger partial charge in [-0.2, -0.15) is 0 Å². The summed E-state index contributed by atoms with van der Waals surface area (Å²) >= 11 is 0. The number of likely N-dealkylation sites (tertiary alicyclic amines) is 1. The van der Waals surface area contributed by atoms with Crippen LogP contribution < -0.4 is 5.32 Å². The summed E-state index contributed by atoms with van der Waals surface area (Å²) < 4.78 is 8.29. The van der Waals surface area contributed by atoms with Crippen molar-refractivity contribution < 1.29 is 4.74 Å². The molecular formula is C21H36N4O. The summed E-state index contributed by atoms with van der Waals surface area (Å²) in [5.41, 5.74) is 0. The second kappa shape index (κ2) is 8.41. The highest BCUT2D eigenvalue weighted by atomic mass is 16.5. The first-order valence-corrected chi connectivity index (χ1v) is 10.9. The van der Waals surface area contributed by atoms with Crippen molar-refractivity contribution in [1.82, 2.24) is 19.8 Å². The zero-order valence-electron chi connectivity index (χ0n) is 16.6. The van der Waals surface area contributed by atoms with Crippen molar-refractivity contribution in [1.29, 1.82) is 0 Å². The Morgan fingerprint density at radius 2 is 2.04 bits per heavy atom. The molecule has 4 rings (SSSR count). The van der Waals surface area contributed by atoms with Crippen molar-refractivity contribution in [3.8, 4) is 0 Å². The standard InChI is InChI=1S/C21H36N4O/c1-3-24-13-10-22-21(24)20-19(9-14-26-20)23-17-7-11-25(12-8-17)18-6-4-5-16(2)15-18/h10,13,16-20,23H,3-9,11-12,14-15H2,1-2H3/t16-,18+,19+,20+/m1/s1. The summed E-state index contributed by atoms with van der Waals surface area (Å²) in [7, 11) is 0. The zero-order chi connectivity index (χ0) is 17.9. The number of hydrogen-bond donors (Lipinski definition) is 1. The minimum absolute atomic E-state index is 0.113. The highest BCUT2D eigenvalue weighted by molar-refractivity contribution is 5.04. The monoisotopic (exact) mass is 360 g/mol. The van der Waals surface area contributed by atoms with Crippen LogP contribution in [0.2, 0.25) is 0 Å². The van der Waals surface area contributed by atoms with Crippen LogP contribution in [0.25, 0.3) is 0 Å². The Balaban J connectivity index is 1.30. The van der Waals surface area contributed by atoms with Gasteiger partial charge in [-0.3, -0.25) is 0 Å². The molecule has 1 saturated carbocycles. The smallest absolute Gasteiger partial charge is 0.139 e. The van der Waals surface area contributed by atoms with Gasteiger partial charge in [-0.05, 0) is 58.0 Å². The van der Waals surface area contributed by atoms with E-state index in [0.29, 0.717) is 12.1 Å². The van der Waals surface area contributed by atoms with Gasteiger partial charge < -0.3 is 19.5 Å². The maximum atomic E-state index is 6.07. The van der Waals surface area contributed by atoms with Crippen molar-refractivity contribution >= 4 is 0 Å². The van der Waals surface area contributed by atoms with E-state index in [1.807, 2.05) is 6.20 Å². The lowest BCUT2D eigenvalue weighted by molar-refractivity contribution is 0.0743. The van der Waals surface area contributed by atoms with Crippen LogP contribution in [-0.4, -0.2) is 52.3 Å². The van der Waals surface area contributed by atoms with Gasteiger partial charge in [0.25, 0.3) is 0 Å². The van der Waals surface area contributed by atoms with Crippen LogP contribution in [0.4, 0.5) is 0 Å². The Hall–Kier alpha value is -0.910. The molecule has 0 aromatic carbocycles. The second-order valence-electron chi connectivity index (χ2n) is 8.66. The number of rotatable bonds is 5. The van der Waals surface area contributed by atoms with Crippen LogP contribution >= 0.6 is 0 Å². The van der Waals surface area contributed by atoms with Crippen LogP contribution in [0.3, 0.4) is 0 Å². The van der Waals surface area contributed by atoms with E-state index in [0.717, 1.165) is 37.4 Å². The third kappa shape index (κ3) is 4.00. The average Bonchev–Trinajstić information content (AvgIpc) is 3.30. The van der Waals surface area contributed by atoms with Gasteiger partial charge in [0.05, 0.1) is 0 Å². The fourth-order valence-corrected chi connectivity index (χ4v) is 5.33. The van der Waals surface area contributed by atoms with Gasteiger partial charge in [-0.15, -0.1) is 0 Å². The third-order valence-corrected chi connectivity index (χ3v) is 6.84. The number of imidazole rings is 1. The quantitative estimate of drug-likeness (QED) is 0.874. The molecule has 1 N–H and O–H groups in total. The van der Waals surface area contributed by atoms with Gasteiger partial charge in [-0.25, -0.2) is 4.98 Å². The number of aryl methyl sites for hydroxylation is 1. The van der Waals surface area contributed by atoms with Crippen LogP contribution in [0, 0.1) is 5.92 Å². The summed E-state index contributed by atoms with van der Waals surface area (Å²) in [4.78, 5) is 7.36.